The van der Waals surface area contributed by atoms with Crippen LogP contribution in [-0.4, -0.2) is 0 Å². The van der Waals surface area contributed by atoms with E-state index in [4.69, 9.17) is 0 Å². The molecule has 1 rings (SSSR count). The number of nitrogens with one attached hydrogen (secondary N) is 1. The second-order valence-corrected chi connectivity index (χ2v) is 2.85. The van der Waals surface area contributed by atoms with Gasteiger partial charge in [0, 0.05) is 6.54 Å². The summed E-state index contributed by atoms with van der Waals surface area (Å²) in [5.74, 6) is 0. The van der Waals surface area contributed by atoms with Crippen LogP contribution in [0.5, 0.6) is 0 Å². The van der Waals surface area contributed by atoms with Crippen molar-refractivity contribution in [2.75, 3.05) is 0 Å². The zero-order valence-electron chi connectivity index (χ0n) is 6.60. The molecule has 0 atom stereocenters. The molecular weight excluding hydrogens is 199 g/mol. The minimum absolute atomic E-state index is 0.446. The van der Waals surface area contributed by atoms with E-state index in [1.165, 1.54) is 12.1 Å². The Kier molecular flexibility index (Phi) is 3.22. The molecule has 0 aliphatic heterocycles. The molecule has 1 aromatic rings. The van der Waals surface area contributed by atoms with Gasteiger partial charge in [-0.2, -0.15) is 13.2 Å². The monoisotopic (exact) mass is 207 g/mol. The van der Waals surface area contributed by atoms with Crippen molar-refractivity contribution in [1.82, 2.24) is 4.72 Å². The van der Waals surface area contributed by atoms with E-state index in [1.807, 2.05) is 0 Å². The fourth-order valence-electron chi connectivity index (χ4n) is 0.903. The maximum atomic E-state index is 12.1. The highest BCUT2D eigenvalue weighted by molar-refractivity contribution is 7.78. The molecule has 0 spiro atoms. The Morgan fingerprint density at radius 2 is 1.69 bits per heavy atom. The number of hydrogen-bond acceptors (Lipinski definition) is 2. The lowest BCUT2D eigenvalue weighted by Gasteiger charge is -2.06. The van der Waals surface area contributed by atoms with Crippen LogP contribution >= 0.6 is 12.8 Å². The molecule has 1 aromatic carbocycles. The van der Waals surface area contributed by atoms with Gasteiger partial charge in [-0.25, -0.2) is 0 Å². The minimum Gasteiger partial charge on any atom is -0.262 e. The smallest absolute Gasteiger partial charge is 0.262 e. The number of rotatable bonds is 2. The molecule has 0 unspecified atom stereocenters. The lowest BCUT2D eigenvalue weighted by molar-refractivity contribution is -0.137. The van der Waals surface area contributed by atoms with E-state index >= 15 is 0 Å². The van der Waals surface area contributed by atoms with Crippen LogP contribution < -0.4 is 4.72 Å². The van der Waals surface area contributed by atoms with Crippen molar-refractivity contribution in [2.45, 2.75) is 12.7 Å². The van der Waals surface area contributed by atoms with Crippen molar-refractivity contribution in [3.63, 3.8) is 0 Å². The van der Waals surface area contributed by atoms with Crippen molar-refractivity contribution in [3.8, 4) is 0 Å². The summed E-state index contributed by atoms with van der Waals surface area (Å²) >= 11 is 3.74. The second kappa shape index (κ2) is 4.02. The Balaban J connectivity index is 2.81. The normalized spacial score (nSPS) is 11.7. The number of thiol groups is 1. The summed E-state index contributed by atoms with van der Waals surface area (Å²) in [5.41, 5.74) is 0.137. The quantitative estimate of drug-likeness (QED) is 0.710. The molecule has 0 aromatic heterocycles. The third kappa shape index (κ3) is 2.93. The SMILES string of the molecule is FC(F)(F)c1ccc(CNS)cc1. The van der Waals surface area contributed by atoms with Crippen LogP contribution in [0.4, 0.5) is 13.2 Å². The summed E-state index contributed by atoms with van der Waals surface area (Å²) < 4.78 is 38.8. The molecule has 0 saturated heterocycles. The Bertz CT molecular complexity index is 268. The van der Waals surface area contributed by atoms with E-state index in [0.717, 1.165) is 17.7 Å². The van der Waals surface area contributed by atoms with E-state index in [9.17, 15) is 13.2 Å². The Morgan fingerprint density at radius 1 is 1.15 bits per heavy atom. The first-order chi connectivity index (χ1) is 6.04. The van der Waals surface area contributed by atoms with Crippen LogP contribution in [0.1, 0.15) is 11.1 Å². The van der Waals surface area contributed by atoms with Gasteiger partial charge < -0.3 is 0 Å². The van der Waals surface area contributed by atoms with Crippen LogP contribution in [0.25, 0.3) is 0 Å². The van der Waals surface area contributed by atoms with E-state index in [1.54, 1.807) is 0 Å². The Morgan fingerprint density at radius 3 is 2.08 bits per heavy atom. The fourth-order valence-corrected chi connectivity index (χ4v) is 1.09. The maximum absolute atomic E-state index is 12.1. The number of halogens is 3. The van der Waals surface area contributed by atoms with Crippen LogP contribution in [-0.2, 0) is 12.7 Å². The predicted octanol–water partition coefficient (Wildman–Crippen LogP) is 2.64. The van der Waals surface area contributed by atoms with E-state index in [0.29, 0.717) is 6.54 Å². The molecule has 72 valence electrons. The molecule has 0 bridgehead atoms. The predicted molar refractivity (Wildman–Crippen MR) is 47.3 cm³/mol. The topological polar surface area (TPSA) is 12.0 Å². The van der Waals surface area contributed by atoms with Gasteiger partial charge in [0.05, 0.1) is 5.56 Å². The summed E-state index contributed by atoms with van der Waals surface area (Å²) in [6, 6.07) is 4.96. The first-order valence-electron chi connectivity index (χ1n) is 3.57. The van der Waals surface area contributed by atoms with E-state index in [-0.39, 0.29) is 0 Å². The Labute approximate surface area is 79.5 Å². The van der Waals surface area contributed by atoms with Gasteiger partial charge >= 0.3 is 6.18 Å². The molecule has 0 aliphatic rings. The van der Waals surface area contributed by atoms with Gasteiger partial charge in [-0.1, -0.05) is 24.9 Å². The van der Waals surface area contributed by atoms with Gasteiger partial charge in [-0.3, -0.25) is 4.72 Å². The number of alkyl halides is 3. The summed E-state index contributed by atoms with van der Waals surface area (Å²) in [4.78, 5) is 0. The molecule has 0 fully saturated rings. The molecule has 5 heteroatoms. The molecule has 0 aliphatic carbocycles. The first-order valence-corrected chi connectivity index (χ1v) is 4.02. The van der Waals surface area contributed by atoms with Crippen molar-refractivity contribution in [2.24, 2.45) is 0 Å². The highest BCUT2D eigenvalue weighted by Crippen LogP contribution is 2.28. The van der Waals surface area contributed by atoms with Gasteiger partial charge in [-0.15, -0.1) is 0 Å². The molecule has 0 heterocycles. The van der Waals surface area contributed by atoms with Crippen LogP contribution in [0.2, 0.25) is 0 Å². The summed E-state index contributed by atoms with van der Waals surface area (Å²) in [6.07, 6.45) is -4.26. The van der Waals surface area contributed by atoms with E-state index in [2.05, 4.69) is 17.5 Å². The second-order valence-electron chi connectivity index (χ2n) is 2.53. The summed E-state index contributed by atoms with van der Waals surface area (Å²) in [5, 5.41) is 0. The lowest BCUT2D eigenvalue weighted by Crippen LogP contribution is -2.05. The largest absolute Gasteiger partial charge is 0.416 e. The molecule has 0 radical (unpaired) electrons. The zero-order chi connectivity index (χ0) is 9.90. The van der Waals surface area contributed by atoms with Gasteiger partial charge in [0.25, 0.3) is 0 Å². The highest BCUT2D eigenvalue weighted by Gasteiger charge is 2.29. The molecular formula is C8H8F3NS. The molecule has 1 N–H and O–H groups in total. The number of hydrogen-bond donors (Lipinski definition) is 2. The van der Waals surface area contributed by atoms with Crippen LogP contribution in [0, 0.1) is 0 Å². The third-order valence-corrected chi connectivity index (χ3v) is 1.72. The van der Waals surface area contributed by atoms with Crippen molar-refractivity contribution < 1.29 is 13.2 Å². The maximum Gasteiger partial charge on any atom is 0.416 e. The fraction of sp³-hybridized carbons (Fsp3) is 0.250. The summed E-state index contributed by atoms with van der Waals surface area (Å²) in [6.45, 7) is 0.446. The van der Waals surface area contributed by atoms with Crippen molar-refractivity contribution >= 4 is 12.8 Å². The van der Waals surface area contributed by atoms with Crippen molar-refractivity contribution in [1.29, 1.82) is 0 Å². The molecule has 1 nitrogen and oxygen atoms in total. The standard InChI is InChI=1S/C8H8F3NS/c9-8(10,11)7-3-1-6(2-4-7)5-12-13/h1-4,12-13H,5H2. The van der Waals surface area contributed by atoms with Gasteiger partial charge in [0.1, 0.15) is 0 Å². The highest BCUT2D eigenvalue weighted by atomic mass is 32.1. The molecule has 13 heavy (non-hydrogen) atoms. The van der Waals surface area contributed by atoms with Crippen LogP contribution in [0.3, 0.4) is 0 Å². The van der Waals surface area contributed by atoms with Gasteiger partial charge in [-0.05, 0) is 17.7 Å². The average molecular weight is 207 g/mol. The zero-order valence-corrected chi connectivity index (χ0v) is 7.49. The van der Waals surface area contributed by atoms with Gasteiger partial charge in [0.15, 0.2) is 0 Å². The molecule has 0 saturated carbocycles. The summed E-state index contributed by atoms with van der Waals surface area (Å²) in [7, 11) is 0. The van der Waals surface area contributed by atoms with Crippen LogP contribution in [0.15, 0.2) is 24.3 Å². The lowest BCUT2D eigenvalue weighted by atomic mass is 10.1. The Hall–Kier alpha value is -0.680. The minimum atomic E-state index is -4.26. The van der Waals surface area contributed by atoms with E-state index < -0.39 is 11.7 Å². The number of benzene rings is 1. The third-order valence-electron chi connectivity index (χ3n) is 1.56. The average Bonchev–Trinajstić information content (AvgIpc) is 2.04. The molecule has 0 amide bonds. The first kappa shape index (κ1) is 10.4. The van der Waals surface area contributed by atoms with Crippen molar-refractivity contribution in [3.05, 3.63) is 35.4 Å². The van der Waals surface area contributed by atoms with Gasteiger partial charge in [0.2, 0.25) is 0 Å².